The second-order valence-corrected chi connectivity index (χ2v) is 17.7. The summed E-state index contributed by atoms with van der Waals surface area (Å²) in [4.78, 5) is 72.1. The predicted octanol–water partition coefficient (Wildman–Crippen LogP) is 3.90. The first-order valence-corrected chi connectivity index (χ1v) is 21.0. The fourth-order valence-electron chi connectivity index (χ4n) is 9.45. The third-order valence-corrected chi connectivity index (χ3v) is 13.0. The number of hydrogen-bond acceptors (Lipinski definition) is 10. The molecule has 5 aliphatic rings. The molecule has 308 valence electrons. The lowest BCUT2D eigenvalue weighted by molar-refractivity contribution is -0.136. The number of benzene rings is 2. The summed E-state index contributed by atoms with van der Waals surface area (Å²) in [5.74, 6) is -1.60. The third kappa shape index (κ3) is 7.93. The topological polar surface area (TPSA) is 169 Å². The Morgan fingerprint density at radius 1 is 0.932 bits per heavy atom. The average Bonchev–Trinajstić information content (AvgIpc) is 3.91. The van der Waals surface area contributed by atoms with E-state index in [1.54, 1.807) is 18.3 Å². The van der Waals surface area contributed by atoms with Crippen LogP contribution in [0.4, 0.5) is 11.4 Å². The summed E-state index contributed by atoms with van der Waals surface area (Å²) in [6, 6.07) is 14.8. The number of nitrogens with one attached hydrogen (secondary N) is 3. The lowest BCUT2D eigenvalue weighted by Gasteiger charge is -2.43. The number of piperazine rings is 1. The van der Waals surface area contributed by atoms with E-state index in [1.807, 2.05) is 23.0 Å². The molecular weight excluding hydrogens is 749 g/mol. The van der Waals surface area contributed by atoms with Crippen molar-refractivity contribution in [2.24, 2.45) is 11.3 Å². The van der Waals surface area contributed by atoms with E-state index in [2.05, 4.69) is 73.6 Å². The van der Waals surface area contributed by atoms with Crippen molar-refractivity contribution in [2.75, 3.05) is 62.6 Å². The Kier molecular flexibility index (Phi) is 10.4. The van der Waals surface area contributed by atoms with Gasteiger partial charge in [-0.2, -0.15) is 10.2 Å². The van der Waals surface area contributed by atoms with Crippen LogP contribution in [-0.2, 0) is 22.4 Å². The fraction of sp³-hybridized carbons (Fsp3) is 0.477. The van der Waals surface area contributed by atoms with Gasteiger partial charge in [0.1, 0.15) is 6.04 Å². The number of hydrogen-bond donors (Lipinski definition) is 3. The molecule has 0 radical (unpaired) electrons. The van der Waals surface area contributed by atoms with Gasteiger partial charge in [0.05, 0.1) is 29.1 Å². The normalized spacial score (nSPS) is 21.6. The van der Waals surface area contributed by atoms with E-state index in [0.29, 0.717) is 28.4 Å². The Bertz CT molecular complexity index is 2270. The number of nitrogens with zero attached hydrogens (tertiary/aromatic N) is 7. The molecule has 2 atom stereocenters. The van der Waals surface area contributed by atoms with E-state index in [4.69, 9.17) is 5.10 Å². The second-order valence-electron chi connectivity index (χ2n) is 17.7. The minimum Gasteiger partial charge on any atom is -0.371 e. The van der Waals surface area contributed by atoms with Gasteiger partial charge in [-0.05, 0) is 80.2 Å². The quantitative estimate of drug-likeness (QED) is 0.179. The molecule has 6 heterocycles. The molecule has 2 aromatic carbocycles. The largest absolute Gasteiger partial charge is 0.371 e. The molecule has 3 saturated heterocycles. The molecule has 1 aliphatic carbocycles. The van der Waals surface area contributed by atoms with Gasteiger partial charge in [-0.3, -0.25) is 44.0 Å². The summed E-state index contributed by atoms with van der Waals surface area (Å²) in [6.07, 6.45) is 8.64. The smallest absolute Gasteiger partial charge is 0.276 e. The highest BCUT2D eigenvalue weighted by Gasteiger charge is 2.45. The van der Waals surface area contributed by atoms with Crippen LogP contribution in [0.5, 0.6) is 0 Å². The van der Waals surface area contributed by atoms with Crippen molar-refractivity contribution in [3.05, 3.63) is 94.6 Å². The molecule has 3 N–H and O–H groups in total. The number of amides is 5. The van der Waals surface area contributed by atoms with Crippen LogP contribution in [0, 0.1) is 11.3 Å². The number of imide groups is 2. The Morgan fingerprint density at radius 3 is 2.44 bits per heavy atom. The van der Waals surface area contributed by atoms with Crippen LogP contribution in [0.15, 0.2) is 60.9 Å². The van der Waals surface area contributed by atoms with Crippen molar-refractivity contribution in [2.45, 2.75) is 70.9 Å². The second kappa shape index (κ2) is 15.8. The summed E-state index contributed by atoms with van der Waals surface area (Å²) < 4.78 is 1.97. The summed E-state index contributed by atoms with van der Waals surface area (Å²) in [7, 11) is 0. The number of H-pyrrole nitrogens is 1. The van der Waals surface area contributed by atoms with Crippen molar-refractivity contribution in [3.8, 4) is 0 Å². The van der Waals surface area contributed by atoms with Gasteiger partial charge in [-0.15, -0.1) is 0 Å². The molecule has 5 amide bonds. The van der Waals surface area contributed by atoms with Gasteiger partial charge in [0.25, 0.3) is 17.7 Å². The van der Waals surface area contributed by atoms with Crippen LogP contribution in [0.2, 0.25) is 0 Å². The van der Waals surface area contributed by atoms with E-state index in [1.165, 1.54) is 5.56 Å². The van der Waals surface area contributed by atoms with Gasteiger partial charge >= 0.3 is 0 Å². The minimum atomic E-state index is -0.963. The Balaban J connectivity index is 0.735. The summed E-state index contributed by atoms with van der Waals surface area (Å²) in [5.41, 5.74) is 6.14. The first-order chi connectivity index (χ1) is 28.5. The van der Waals surface area contributed by atoms with Crippen molar-refractivity contribution < 1.29 is 24.0 Å². The Labute approximate surface area is 343 Å². The predicted molar refractivity (Wildman–Crippen MR) is 220 cm³/mol. The van der Waals surface area contributed by atoms with Crippen LogP contribution in [-0.4, -0.2) is 123 Å². The number of piperidine rings is 1. The molecule has 3 fully saturated rings. The summed E-state index contributed by atoms with van der Waals surface area (Å²) in [5, 5.41) is 17.5. The molecule has 15 heteroatoms. The average molecular weight is 801 g/mol. The number of aromatic nitrogens is 4. The number of carbonyl (C=O) groups is 5. The molecule has 4 aliphatic heterocycles. The van der Waals surface area contributed by atoms with Gasteiger partial charge in [-0.1, -0.05) is 44.2 Å². The van der Waals surface area contributed by atoms with Crippen molar-refractivity contribution >= 4 is 40.9 Å². The lowest BCUT2D eigenvalue weighted by atomic mass is 9.76. The minimum absolute atomic E-state index is 0.0235. The van der Waals surface area contributed by atoms with E-state index in [0.717, 1.165) is 106 Å². The molecule has 0 spiro atoms. The Morgan fingerprint density at radius 2 is 1.68 bits per heavy atom. The molecule has 9 rings (SSSR count). The molecule has 0 saturated carbocycles. The zero-order chi connectivity index (χ0) is 40.8. The number of aromatic amines is 1. The fourth-order valence-corrected chi connectivity index (χ4v) is 9.45. The first-order valence-electron chi connectivity index (χ1n) is 21.0. The molecule has 2 unspecified atom stereocenters. The lowest BCUT2D eigenvalue weighted by Crippen LogP contribution is -2.54. The van der Waals surface area contributed by atoms with Gasteiger partial charge in [0, 0.05) is 75.4 Å². The van der Waals surface area contributed by atoms with Crippen molar-refractivity contribution in [3.63, 3.8) is 0 Å². The van der Waals surface area contributed by atoms with Gasteiger partial charge < -0.3 is 20.0 Å². The van der Waals surface area contributed by atoms with Gasteiger partial charge in [-0.25, -0.2) is 0 Å². The number of anilines is 2. The van der Waals surface area contributed by atoms with Crippen LogP contribution >= 0.6 is 0 Å². The molecule has 59 heavy (non-hydrogen) atoms. The highest BCUT2D eigenvalue weighted by atomic mass is 16.2. The van der Waals surface area contributed by atoms with Gasteiger partial charge in [0.2, 0.25) is 11.8 Å². The molecule has 2 aromatic heterocycles. The van der Waals surface area contributed by atoms with E-state index in [9.17, 15) is 24.0 Å². The van der Waals surface area contributed by atoms with E-state index in [-0.39, 0.29) is 36.1 Å². The maximum absolute atomic E-state index is 13.3. The van der Waals surface area contributed by atoms with E-state index < -0.39 is 23.8 Å². The first kappa shape index (κ1) is 38.8. The highest BCUT2D eigenvalue weighted by Crippen LogP contribution is 2.36. The zero-order valence-corrected chi connectivity index (χ0v) is 33.8. The molecule has 0 bridgehead atoms. The molecule has 4 aromatic rings. The van der Waals surface area contributed by atoms with Crippen LogP contribution in [0.1, 0.15) is 100 Å². The third-order valence-electron chi connectivity index (χ3n) is 13.0. The van der Waals surface area contributed by atoms with Crippen molar-refractivity contribution in [1.29, 1.82) is 0 Å². The number of rotatable bonds is 12. The molecule has 15 nitrogen and oxygen atoms in total. The monoisotopic (exact) mass is 800 g/mol. The van der Waals surface area contributed by atoms with Gasteiger partial charge in [0.15, 0.2) is 5.69 Å². The maximum Gasteiger partial charge on any atom is 0.276 e. The van der Waals surface area contributed by atoms with Crippen LogP contribution in [0.25, 0.3) is 0 Å². The van der Waals surface area contributed by atoms with Crippen LogP contribution < -0.4 is 15.5 Å². The summed E-state index contributed by atoms with van der Waals surface area (Å²) >= 11 is 0. The maximum atomic E-state index is 13.3. The zero-order valence-electron chi connectivity index (χ0n) is 33.8. The molecular formula is C44H52N10O5. The standard InChI is InChI=1S/C44H52N10O5/c1-44(2)15-12-33-35(23-44)48-49-39(33)41(57)46-30-24-45-53(27-30)36(29-6-4-3-5-7-29)14-17-51-20-18-50(19-21-51)16-13-28-25-52(26-28)31-8-9-32-34(22-31)43(59)54(42(32)58)37-10-11-38(55)47-40(37)56/h3-9,22,24,27-28,36-37H,10-21,23,25-26H2,1-2H3,(H,46,57)(H,48,49)(H,47,55,56). The Hall–Kier alpha value is -5.67. The summed E-state index contributed by atoms with van der Waals surface area (Å²) in [6.45, 7) is 12.3. The number of fused-ring (bicyclic) bond motifs is 2. The highest BCUT2D eigenvalue weighted by molar-refractivity contribution is 6.23. The van der Waals surface area contributed by atoms with Crippen molar-refractivity contribution in [1.82, 2.24) is 40.0 Å². The SMILES string of the molecule is CC1(C)CCc2c(C(=O)Nc3cnn(C(CCN4CCN(CCC5CN(c6ccc7c(c6)C(=O)N(C6CCC(=O)NC6=O)C7=O)C5)CC4)c4ccccc4)c3)n[nH]c2C1. The number of carbonyl (C=O) groups excluding carboxylic acids is 5. The van der Waals surface area contributed by atoms with E-state index >= 15 is 0 Å². The van der Waals surface area contributed by atoms with Crippen LogP contribution in [0.3, 0.4) is 0 Å².